The van der Waals surface area contributed by atoms with Crippen molar-refractivity contribution in [3.63, 3.8) is 0 Å². The van der Waals surface area contributed by atoms with Gasteiger partial charge < -0.3 is 10.00 Å². The number of aliphatic hydroxyl groups is 1. The maximum Gasteiger partial charge on any atom is 0.221 e. The monoisotopic (exact) mass is 402 g/mol. The quantitative estimate of drug-likeness (QED) is 0.532. The predicted octanol–water partition coefficient (Wildman–Crippen LogP) is 5.29. The zero-order valence-corrected chi connectivity index (χ0v) is 18.7. The van der Waals surface area contributed by atoms with Gasteiger partial charge in [0.1, 0.15) is 0 Å². The molecular formula is C19H31O3PZn. The van der Waals surface area contributed by atoms with Crippen molar-refractivity contribution in [1.82, 2.24) is 0 Å². The number of hydrogen-bond donors (Lipinski definition) is 2. The van der Waals surface area contributed by atoms with E-state index in [1.165, 1.54) is 38.5 Å². The second kappa shape index (κ2) is 12.4. The number of aliphatic hydroxyl groups excluding tert-OH is 1. The van der Waals surface area contributed by atoms with Crippen molar-refractivity contribution >= 4 is 8.03 Å². The molecule has 2 N–H and O–H groups in total. The first kappa shape index (κ1) is 22.0. The standard InChI is InChI=1S/C12H22.C7H9O3P.Zn/c1-3-7-11(8-4-1)12-9-5-2-6-10-12;8-7(11(9)10)6-4-2-1-3-5-6;/h11-12H,1-10H2;1-5,7-8,11H,(H,9,10);. The minimum atomic E-state index is -2.86. The van der Waals surface area contributed by atoms with Gasteiger partial charge in [-0.1, -0.05) is 94.5 Å². The van der Waals surface area contributed by atoms with Gasteiger partial charge in [-0.05, 0) is 17.4 Å². The number of hydrogen-bond acceptors (Lipinski definition) is 2. The van der Waals surface area contributed by atoms with Crippen molar-refractivity contribution in [2.24, 2.45) is 11.8 Å². The molecule has 2 atom stereocenters. The molecule has 3 rings (SSSR count). The van der Waals surface area contributed by atoms with Gasteiger partial charge in [-0.15, -0.1) is 0 Å². The van der Waals surface area contributed by atoms with Gasteiger partial charge in [0.05, 0.1) is 0 Å². The number of rotatable bonds is 3. The van der Waals surface area contributed by atoms with Crippen LogP contribution in [0.1, 0.15) is 75.6 Å². The Kier molecular flexibility index (Phi) is 11.4. The molecule has 2 fully saturated rings. The van der Waals surface area contributed by atoms with Gasteiger partial charge in [0.2, 0.25) is 8.03 Å². The van der Waals surface area contributed by atoms with Crippen LogP contribution < -0.4 is 0 Å². The molecule has 0 aromatic heterocycles. The summed E-state index contributed by atoms with van der Waals surface area (Å²) in [5, 5.41) is 9.08. The SMILES string of the molecule is C1CCC(C2CCCCC2)CC1.O=[PH](O)C(O)c1ccccc1.[Zn]. The largest absolute Gasteiger partial charge is 0.378 e. The third-order valence-corrected chi connectivity index (χ3v) is 6.12. The van der Waals surface area contributed by atoms with Crippen LogP contribution in [0.5, 0.6) is 0 Å². The second-order valence-electron chi connectivity index (χ2n) is 6.95. The molecule has 0 radical (unpaired) electrons. The molecule has 2 unspecified atom stereocenters. The minimum Gasteiger partial charge on any atom is -0.378 e. The molecule has 1 aromatic rings. The van der Waals surface area contributed by atoms with Crippen molar-refractivity contribution < 1.29 is 34.0 Å². The molecule has 1 aromatic carbocycles. The Hall–Kier alpha value is -0.00662. The topological polar surface area (TPSA) is 57.5 Å². The molecule has 0 heterocycles. The molecule has 2 saturated carbocycles. The smallest absolute Gasteiger partial charge is 0.221 e. The van der Waals surface area contributed by atoms with Gasteiger partial charge in [0, 0.05) is 19.5 Å². The molecule has 0 aliphatic heterocycles. The fraction of sp³-hybridized carbons (Fsp3) is 0.684. The van der Waals surface area contributed by atoms with Crippen LogP contribution in [-0.2, 0) is 24.0 Å². The Labute approximate surface area is 159 Å². The third kappa shape index (κ3) is 7.48. The average molecular weight is 404 g/mol. The van der Waals surface area contributed by atoms with Gasteiger partial charge in [-0.2, -0.15) is 0 Å². The minimum absolute atomic E-state index is 0. The Morgan fingerprint density at radius 2 is 1.25 bits per heavy atom. The van der Waals surface area contributed by atoms with Crippen LogP contribution in [0.4, 0.5) is 0 Å². The van der Waals surface area contributed by atoms with Crippen LogP contribution in [0.25, 0.3) is 0 Å². The first-order valence-corrected chi connectivity index (χ1v) is 10.6. The molecular weight excluding hydrogens is 373 g/mol. The first-order valence-electron chi connectivity index (χ1n) is 9.14. The summed E-state index contributed by atoms with van der Waals surface area (Å²) in [4.78, 5) is 8.57. The van der Waals surface area contributed by atoms with E-state index in [1.807, 2.05) is 0 Å². The van der Waals surface area contributed by atoms with E-state index in [9.17, 15) is 4.57 Å². The fourth-order valence-electron chi connectivity index (χ4n) is 3.99. The van der Waals surface area contributed by atoms with Crippen molar-refractivity contribution in [3.05, 3.63) is 35.9 Å². The summed E-state index contributed by atoms with van der Waals surface area (Å²) in [6, 6.07) is 8.43. The van der Waals surface area contributed by atoms with E-state index < -0.39 is 13.9 Å². The Morgan fingerprint density at radius 3 is 1.62 bits per heavy atom. The molecule has 0 spiro atoms. The van der Waals surface area contributed by atoms with E-state index in [-0.39, 0.29) is 19.5 Å². The molecule has 2 aliphatic rings. The summed E-state index contributed by atoms with van der Waals surface area (Å²) >= 11 is 0. The summed E-state index contributed by atoms with van der Waals surface area (Å²) in [6.45, 7) is 0. The molecule has 2 aliphatic carbocycles. The van der Waals surface area contributed by atoms with Crippen LogP contribution in [0.15, 0.2) is 30.3 Å². The van der Waals surface area contributed by atoms with Crippen molar-refractivity contribution in [3.8, 4) is 0 Å². The van der Waals surface area contributed by atoms with Crippen molar-refractivity contribution in [2.45, 2.75) is 70.1 Å². The van der Waals surface area contributed by atoms with Crippen molar-refractivity contribution in [2.75, 3.05) is 0 Å². The van der Waals surface area contributed by atoms with Gasteiger partial charge in [-0.25, -0.2) is 0 Å². The summed E-state index contributed by atoms with van der Waals surface area (Å²) in [5.74, 6) is 1.05. The van der Waals surface area contributed by atoms with Gasteiger partial charge in [0.15, 0.2) is 5.85 Å². The summed E-state index contributed by atoms with van der Waals surface area (Å²) < 4.78 is 10.4. The van der Waals surface area contributed by atoms with Crippen LogP contribution >= 0.6 is 8.03 Å². The Morgan fingerprint density at radius 1 is 0.833 bits per heavy atom. The maximum atomic E-state index is 10.4. The average Bonchev–Trinajstić information content (AvgIpc) is 2.64. The molecule has 0 bridgehead atoms. The predicted molar refractivity (Wildman–Crippen MR) is 95.8 cm³/mol. The fourth-order valence-corrected chi connectivity index (χ4v) is 4.47. The summed E-state index contributed by atoms with van der Waals surface area (Å²) in [5.41, 5.74) is 0.485. The van der Waals surface area contributed by atoms with Gasteiger partial charge >= 0.3 is 0 Å². The zero-order valence-electron chi connectivity index (χ0n) is 14.7. The van der Waals surface area contributed by atoms with Gasteiger partial charge in [0.25, 0.3) is 0 Å². The van der Waals surface area contributed by atoms with E-state index in [0.29, 0.717) is 5.56 Å². The normalized spacial score (nSPS) is 21.8. The first-order chi connectivity index (χ1) is 11.2. The maximum absolute atomic E-state index is 10.4. The van der Waals surface area contributed by atoms with Gasteiger partial charge in [-0.3, -0.25) is 4.57 Å². The van der Waals surface area contributed by atoms with E-state index in [0.717, 1.165) is 11.8 Å². The summed E-state index contributed by atoms with van der Waals surface area (Å²) in [6.07, 6.45) is 15.4. The Bertz CT molecular complexity index is 441. The molecule has 5 heteroatoms. The molecule has 0 saturated heterocycles. The molecule has 132 valence electrons. The zero-order chi connectivity index (χ0) is 16.5. The van der Waals surface area contributed by atoms with E-state index in [2.05, 4.69) is 0 Å². The van der Waals surface area contributed by atoms with Crippen LogP contribution in [0, 0.1) is 11.8 Å². The van der Waals surface area contributed by atoms with Crippen LogP contribution in [0.2, 0.25) is 0 Å². The van der Waals surface area contributed by atoms with E-state index >= 15 is 0 Å². The molecule has 0 amide bonds. The molecule has 24 heavy (non-hydrogen) atoms. The van der Waals surface area contributed by atoms with Crippen LogP contribution in [0.3, 0.4) is 0 Å². The van der Waals surface area contributed by atoms with E-state index in [1.54, 1.807) is 56.0 Å². The summed E-state index contributed by atoms with van der Waals surface area (Å²) in [7, 11) is -2.86. The Balaban J connectivity index is 0.000000232. The number of benzene rings is 1. The van der Waals surface area contributed by atoms with Crippen molar-refractivity contribution in [1.29, 1.82) is 0 Å². The third-order valence-electron chi connectivity index (χ3n) is 5.32. The van der Waals surface area contributed by atoms with Crippen LogP contribution in [-0.4, -0.2) is 10.00 Å². The van der Waals surface area contributed by atoms with E-state index in [4.69, 9.17) is 10.00 Å². The second-order valence-corrected chi connectivity index (χ2v) is 8.17. The molecule has 3 nitrogen and oxygen atoms in total.